The molecule has 0 spiro atoms. The third-order valence-corrected chi connectivity index (χ3v) is 2.94. The van der Waals surface area contributed by atoms with Gasteiger partial charge in [0.25, 0.3) is 0 Å². The lowest BCUT2D eigenvalue weighted by Crippen LogP contribution is -2.21. The third-order valence-electron chi connectivity index (χ3n) is 1.90. The van der Waals surface area contributed by atoms with Crippen molar-refractivity contribution in [2.24, 2.45) is 5.73 Å². The van der Waals surface area contributed by atoms with E-state index in [4.69, 9.17) is 5.73 Å². The van der Waals surface area contributed by atoms with Gasteiger partial charge < -0.3 is 5.73 Å². The summed E-state index contributed by atoms with van der Waals surface area (Å²) in [5.41, 5.74) is 6.98. The van der Waals surface area contributed by atoms with Crippen LogP contribution in [0.2, 0.25) is 0 Å². The molecule has 68 valence electrons. The van der Waals surface area contributed by atoms with E-state index in [1.807, 2.05) is 0 Å². The minimum absolute atomic E-state index is 0.275. The highest BCUT2D eigenvalue weighted by Crippen LogP contribution is 2.11. The Morgan fingerprint density at radius 2 is 2.33 bits per heavy atom. The van der Waals surface area contributed by atoms with Crippen LogP contribution < -0.4 is 5.73 Å². The molecule has 0 saturated carbocycles. The summed E-state index contributed by atoms with van der Waals surface area (Å²) in [6.45, 7) is 4.24. The normalized spacial score (nSPS) is 13.2. The second-order valence-electron chi connectivity index (χ2n) is 2.96. The number of aromatic nitrogens is 1. The van der Waals surface area contributed by atoms with Crippen LogP contribution >= 0.6 is 11.3 Å². The van der Waals surface area contributed by atoms with E-state index in [2.05, 4.69) is 24.2 Å². The molecule has 0 saturated heterocycles. The highest BCUT2D eigenvalue weighted by molar-refractivity contribution is 7.09. The minimum atomic E-state index is 0.275. The number of nitrogens with two attached hydrogens (primary N) is 1. The van der Waals surface area contributed by atoms with Gasteiger partial charge in [-0.1, -0.05) is 13.8 Å². The monoisotopic (exact) mass is 184 g/mol. The Morgan fingerprint density at radius 3 is 2.83 bits per heavy atom. The Morgan fingerprint density at radius 1 is 1.58 bits per heavy atom. The van der Waals surface area contributed by atoms with E-state index >= 15 is 0 Å². The highest BCUT2D eigenvalue weighted by Gasteiger charge is 2.04. The zero-order chi connectivity index (χ0) is 8.97. The largest absolute Gasteiger partial charge is 0.327 e. The summed E-state index contributed by atoms with van der Waals surface area (Å²) in [5, 5.41) is 3.34. The molecule has 0 bridgehead atoms. The molecule has 0 aliphatic carbocycles. The molecule has 0 radical (unpaired) electrons. The summed E-state index contributed by atoms with van der Waals surface area (Å²) < 4.78 is 0. The lowest BCUT2D eigenvalue weighted by Gasteiger charge is -2.04. The quantitative estimate of drug-likeness (QED) is 0.777. The lowest BCUT2D eigenvalue weighted by atomic mass is 10.1. The average molecular weight is 184 g/mol. The summed E-state index contributed by atoms with van der Waals surface area (Å²) in [5.74, 6) is 0. The van der Waals surface area contributed by atoms with E-state index in [0.29, 0.717) is 0 Å². The Hall–Kier alpha value is -0.410. The van der Waals surface area contributed by atoms with Crippen LogP contribution in [0.4, 0.5) is 0 Å². The van der Waals surface area contributed by atoms with Gasteiger partial charge in [-0.3, -0.25) is 0 Å². The van der Waals surface area contributed by atoms with Crippen LogP contribution in [0.1, 0.15) is 31.0 Å². The van der Waals surface area contributed by atoms with Gasteiger partial charge in [0.05, 0.1) is 10.7 Å². The van der Waals surface area contributed by atoms with Crippen molar-refractivity contribution >= 4 is 11.3 Å². The first-order valence-corrected chi connectivity index (χ1v) is 5.33. The van der Waals surface area contributed by atoms with Gasteiger partial charge in [-0.2, -0.15) is 0 Å². The zero-order valence-electron chi connectivity index (χ0n) is 7.71. The Kier molecular flexibility index (Phi) is 3.69. The molecule has 0 aliphatic rings. The lowest BCUT2D eigenvalue weighted by molar-refractivity contribution is 0.638. The van der Waals surface area contributed by atoms with E-state index < -0.39 is 0 Å². The van der Waals surface area contributed by atoms with Crippen LogP contribution in [0.3, 0.4) is 0 Å². The molecular formula is C9H16N2S. The summed E-state index contributed by atoms with van der Waals surface area (Å²) in [7, 11) is 0. The molecule has 1 aromatic rings. The molecule has 1 aromatic heterocycles. The number of hydrogen-bond donors (Lipinski definition) is 1. The van der Waals surface area contributed by atoms with Crippen LogP contribution in [0.25, 0.3) is 0 Å². The van der Waals surface area contributed by atoms with Gasteiger partial charge in [-0.25, -0.2) is 4.98 Å². The minimum Gasteiger partial charge on any atom is -0.327 e. The molecule has 0 aliphatic heterocycles. The van der Waals surface area contributed by atoms with Crippen molar-refractivity contribution in [1.29, 1.82) is 0 Å². The molecule has 12 heavy (non-hydrogen) atoms. The van der Waals surface area contributed by atoms with Gasteiger partial charge >= 0.3 is 0 Å². The Balaban J connectivity index is 2.52. The fourth-order valence-electron chi connectivity index (χ4n) is 1.02. The van der Waals surface area contributed by atoms with Crippen LogP contribution in [-0.2, 0) is 12.8 Å². The van der Waals surface area contributed by atoms with Crippen molar-refractivity contribution in [3.8, 4) is 0 Å². The molecule has 0 aromatic carbocycles. The average Bonchev–Trinajstić information content (AvgIpc) is 2.52. The first-order valence-electron chi connectivity index (χ1n) is 4.45. The van der Waals surface area contributed by atoms with Gasteiger partial charge in [0.2, 0.25) is 0 Å². The van der Waals surface area contributed by atoms with Crippen molar-refractivity contribution in [2.75, 3.05) is 0 Å². The maximum Gasteiger partial charge on any atom is 0.0925 e. The molecule has 0 fully saturated rings. The van der Waals surface area contributed by atoms with Crippen molar-refractivity contribution in [1.82, 2.24) is 4.98 Å². The van der Waals surface area contributed by atoms with Gasteiger partial charge in [-0.05, 0) is 12.8 Å². The Labute approximate surface area is 77.8 Å². The van der Waals surface area contributed by atoms with Gasteiger partial charge in [0, 0.05) is 17.8 Å². The van der Waals surface area contributed by atoms with E-state index in [-0.39, 0.29) is 6.04 Å². The number of nitrogens with zero attached hydrogens (tertiary/aromatic N) is 1. The van der Waals surface area contributed by atoms with E-state index in [1.165, 1.54) is 5.01 Å². The van der Waals surface area contributed by atoms with Crippen LogP contribution in [0.5, 0.6) is 0 Å². The van der Waals surface area contributed by atoms with Crippen molar-refractivity contribution < 1.29 is 0 Å². The number of thiazole rings is 1. The molecule has 2 nitrogen and oxygen atoms in total. The summed E-state index contributed by atoms with van der Waals surface area (Å²) in [6, 6.07) is 0.275. The first kappa shape index (κ1) is 9.68. The summed E-state index contributed by atoms with van der Waals surface area (Å²) in [6.07, 6.45) is 2.98. The highest BCUT2D eigenvalue weighted by atomic mass is 32.1. The molecule has 1 unspecified atom stereocenters. The summed E-state index contributed by atoms with van der Waals surface area (Å²) >= 11 is 1.74. The summed E-state index contributed by atoms with van der Waals surface area (Å²) in [4.78, 5) is 4.46. The van der Waals surface area contributed by atoms with Gasteiger partial charge in [-0.15, -0.1) is 11.3 Å². The van der Waals surface area contributed by atoms with E-state index in [0.717, 1.165) is 25.0 Å². The maximum absolute atomic E-state index is 5.82. The number of hydrogen-bond acceptors (Lipinski definition) is 3. The second kappa shape index (κ2) is 4.58. The molecule has 0 amide bonds. The van der Waals surface area contributed by atoms with Crippen LogP contribution in [0, 0.1) is 0 Å². The van der Waals surface area contributed by atoms with Crippen LogP contribution in [-0.4, -0.2) is 11.0 Å². The fraction of sp³-hybridized carbons (Fsp3) is 0.667. The number of rotatable bonds is 4. The molecule has 2 N–H and O–H groups in total. The van der Waals surface area contributed by atoms with Gasteiger partial charge in [0.15, 0.2) is 0 Å². The third kappa shape index (κ3) is 2.57. The molecule has 1 atom stereocenters. The first-order chi connectivity index (χ1) is 5.76. The standard InChI is InChI=1S/C9H16N2S/c1-3-7(10)5-8-6-12-9(4-2)11-8/h6-7H,3-5,10H2,1-2H3. The van der Waals surface area contributed by atoms with Gasteiger partial charge in [0.1, 0.15) is 0 Å². The zero-order valence-corrected chi connectivity index (χ0v) is 8.53. The fourth-order valence-corrected chi connectivity index (χ4v) is 1.78. The van der Waals surface area contributed by atoms with Crippen molar-refractivity contribution in [3.63, 3.8) is 0 Å². The topological polar surface area (TPSA) is 38.9 Å². The predicted molar refractivity (Wildman–Crippen MR) is 53.5 cm³/mol. The number of aryl methyl sites for hydroxylation is 1. The molecular weight excluding hydrogens is 168 g/mol. The molecule has 3 heteroatoms. The maximum atomic E-state index is 5.82. The Bertz CT molecular complexity index is 232. The van der Waals surface area contributed by atoms with Crippen molar-refractivity contribution in [3.05, 3.63) is 16.1 Å². The SMILES string of the molecule is CCc1nc(CC(N)CC)cs1. The smallest absolute Gasteiger partial charge is 0.0925 e. The molecule has 1 heterocycles. The van der Waals surface area contributed by atoms with Crippen molar-refractivity contribution in [2.45, 2.75) is 39.2 Å². The van der Waals surface area contributed by atoms with E-state index in [9.17, 15) is 0 Å². The predicted octanol–water partition coefficient (Wildman–Crippen LogP) is 1.99. The van der Waals surface area contributed by atoms with Crippen LogP contribution in [0.15, 0.2) is 5.38 Å². The second-order valence-corrected chi connectivity index (χ2v) is 3.90. The van der Waals surface area contributed by atoms with E-state index in [1.54, 1.807) is 11.3 Å². The molecule has 1 rings (SSSR count).